The van der Waals surface area contributed by atoms with E-state index in [4.69, 9.17) is 16.1 Å². The summed E-state index contributed by atoms with van der Waals surface area (Å²) in [5.74, 6) is 1.35. The number of rotatable bonds is 6. The molecular weight excluding hydrogens is 412 g/mol. The summed E-state index contributed by atoms with van der Waals surface area (Å²) >= 11 is 6.22. The maximum atomic E-state index is 12.9. The summed E-state index contributed by atoms with van der Waals surface area (Å²) in [5, 5.41) is 4.67. The van der Waals surface area contributed by atoms with Gasteiger partial charge in [-0.05, 0) is 50.6 Å². The first kappa shape index (κ1) is 21.5. The van der Waals surface area contributed by atoms with E-state index < -0.39 is 0 Å². The van der Waals surface area contributed by atoms with Gasteiger partial charge in [0.1, 0.15) is 0 Å². The molecule has 0 aliphatic carbocycles. The zero-order valence-corrected chi connectivity index (χ0v) is 18.7. The van der Waals surface area contributed by atoms with E-state index in [0.717, 1.165) is 37.1 Å². The van der Waals surface area contributed by atoms with Gasteiger partial charge in [0, 0.05) is 25.1 Å². The Bertz CT molecular complexity index is 1030. The van der Waals surface area contributed by atoms with E-state index in [0.29, 0.717) is 29.8 Å². The van der Waals surface area contributed by atoms with Gasteiger partial charge < -0.3 is 9.42 Å². The van der Waals surface area contributed by atoms with Crippen molar-refractivity contribution in [2.24, 2.45) is 5.92 Å². The largest absolute Gasteiger partial charge is 0.341 e. The van der Waals surface area contributed by atoms with Gasteiger partial charge in [-0.25, -0.2) is 0 Å². The average molecular weight is 439 g/mol. The van der Waals surface area contributed by atoms with E-state index in [1.54, 1.807) is 0 Å². The van der Waals surface area contributed by atoms with Crippen molar-refractivity contribution in [2.75, 3.05) is 20.1 Å². The molecule has 162 valence electrons. The molecule has 6 nitrogen and oxygen atoms in total. The van der Waals surface area contributed by atoms with E-state index in [9.17, 15) is 4.79 Å². The number of nitrogens with zero attached hydrogens (tertiary/aromatic N) is 4. The summed E-state index contributed by atoms with van der Waals surface area (Å²) in [4.78, 5) is 21.5. The number of halogens is 1. The number of aryl methyl sites for hydroxylation is 1. The van der Waals surface area contributed by atoms with Crippen LogP contribution in [0, 0.1) is 12.8 Å². The maximum Gasteiger partial charge on any atom is 0.241 e. The Kier molecular flexibility index (Phi) is 6.68. The van der Waals surface area contributed by atoms with Crippen molar-refractivity contribution in [2.45, 2.75) is 32.9 Å². The molecule has 0 bridgehead atoms. The monoisotopic (exact) mass is 438 g/mol. The van der Waals surface area contributed by atoms with Crippen molar-refractivity contribution in [3.05, 3.63) is 70.6 Å². The molecule has 0 saturated carbocycles. The van der Waals surface area contributed by atoms with Gasteiger partial charge in [-0.1, -0.05) is 58.7 Å². The normalized spacial score (nSPS) is 15.2. The molecule has 31 heavy (non-hydrogen) atoms. The second-order valence-electron chi connectivity index (χ2n) is 8.22. The number of likely N-dealkylation sites (tertiary alicyclic amines) is 1. The van der Waals surface area contributed by atoms with Crippen LogP contribution in [-0.4, -0.2) is 46.0 Å². The number of piperidine rings is 1. The van der Waals surface area contributed by atoms with Crippen molar-refractivity contribution < 1.29 is 9.32 Å². The van der Waals surface area contributed by atoms with Crippen LogP contribution in [0.4, 0.5) is 0 Å². The second-order valence-corrected chi connectivity index (χ2v) is 8.63. The average Bonchev–Trinajstić information content (AvgIpc) is 3.24. The molecule has 1 amide bonds. The van der Waals surface area contributed by atoms with Crippen molar-refractivity contribution in [1.82, 2.24) is 19.9 Å². The topological polar surface area (TPSA) is 62.5 Å². The smallest absolute Gasteiger partial charge is 0.241 e. The standard InChI is InChI=1S/C24H27ClN4O2/c1-17-7-9-18(10-8-17)15-28(2)24(30)19-11-13-29(14-12-19)16-22-26-23(27-31-22)20-5-3-4-6-21(20)25/h3-10,19H,11-16H2,1-2H3. The van der Waals surface area contributed by atoms with Gasteiger partial charge in [-0.3, -0.25) is 9.69 Å². The molecule has 1 aromatic heterocycles. The van der Waals surface area contributed by atoms with Gasteiger partial charge in [0.25, 0.3) is 0 Å². The van der Waals surface area contributed by atoms with Crippen molar-refractivity contribution >= 4 is 17.5 Å². The minimum Gasteiger partial charge on any atom is -0.341 e. The molecule has 1 saturated heterocycles. The number of aromatic nitrogens is 2. The highest BCUT2D eigenvalue weighted by molar-refractivity contribution is 6.33. The molecule has 7 heteroatoms. The molecule has 0 atom stereocenters. The minimum absolute atomic E-state index is 0.0630. The van der Waals surface area contributed by atoms with Gasteiger partial charge in [-0.2, -0.15) is 4.98 Å². The molecule has 1 aliphatic rings. The number of hydrogen-bond donors (Lipinski definition) is 0. The van der Waals surface area contributed by atoms with Crippen LogP contribution in [0.1, 0.15) is 29.9 Å². The Morgan fingerprint density at radius 1 is 1.16 bits per heavy atom. The third-order valence-electron chi connectivity index (χ3n) is 5.80. The van der Waals surface area contributed by atoms with Crippen LogP contribution in [-0.2, 0) is 17.9 Å². The molecule has 4 rings (SSSR count). The van der Waals surface area contributed by atoms with E-state index in [1.165, 1.54) is 5.56 Å². The van der Waals surface area contributed by atoms with Crippen LogP contribution in [0.3, 0.4) is 0 Å². The fraction of sp³-hybridized carbons (Fsp3) is 0.375. The van der Waals surface area contributed by atoms with Crippen LogP contribution in [0.15, 0.2) is 53.1 Å². The van der Waals surface area contributed by atoms with Gasteiger partial charge in [-0.15, -0.1) is 0 Å². The summed E-state index contributed by atoms with van der Waals surface area (Å²) < 4.78 is 5.43. The lowest BCUT2D eigenvalue weighted by molar-refractivity contribution is -0.136. The summed E-state index contributed by atoms with van der Waals surface area (Å²) in [6.07, 6.45) is 1.67. The van der Waals surface area contributed by atoms with Gasteiger partial charge in [0.05, 0.1) is 11.6 Å². The van der Waals surface area contributed by atoms with Gasteiger partial charge in [0.15, 0.2) is 0 Å². The lowest BCUT2D eigenvalue weighted by atomic mass is 9.95. The number of benzene rings is 2. The molecule has 0 N–H and O–H groups in total. The third kappa shape index (κ3) is 5.32. The molecule has 2 heterocycles. The Labute approximate surface area is 187 Å². The van der Waals surface area contributed by atoms with Crippen LogP contribution >= 0.6 is 11.6 Å². The predicted octanol–water partition coefficient (Wildman–Crippen LogP) is 4.57. The molecular formula is C24H27ClN4O2. The number of hydrogen-bond acceptors (Lipinski definition) is 5. The van der Waals surface area contributed by atoms with Crippen LogP contribution in [0.25, 0.3) is 11.4 Å². The molecule has 0 spiro atoms. The highest BCUT2D eigenvalue weighted by Gasteiger charge is 2.28. The summed E-state index contributed by atoms with van der Waals surface area (Å²) in [5.41, 5.74) is 3.15. The van der Waals surface area contributed by atoms with E-state index in [2.05, 4.69) is 46.2 Å². The van der Waals surface area contributed by atoms with Crippen LogP contribution < -0.4 is 0 Å². The number of amides is 1. The Morgan fingerprint density at radius 2 is 1.87 bits per heavy atom. The van der Waals surface area contributed by atoms with Crippen molar-refractivity contribution in [3.8, 4) is 11.4 Å². The molecule has 1 aliphatic heterocycles. The Morgan fingerprint density at radius 3 is 2.58 bits per heavy atom. The van der Waals surface area contributed by atoms with Crippen molar-refractivity contribution in [3.63, 3.8) is 0 Å². The van der Waals surface area contributed by atoms with E-state index in [-0.39, 0.29) is 11.8 Å². The summed E-state index contributed by atoms with van der Waals surface area (Å²) in [6, 6.07) is 15.8. The Hall–Kier alpha value is -2.70. The maximum absolute atomic E-state index is 12.9. The van der Waals surface area contributed by atoms with E-state index >= 15 is 0 Å². The number of carbonyl (C=O) groups excluding carboxylic acids is 1. The fourth-order valence-corrected chi connectivity index (χ4v) is 4.18. The third-order valence-corrected chi connectivity index (χ3v) is 6.12. The summed E-state index contributed by atoms with van der Waals surface area (Å²) in [7, 11) is 1.89. The predicted molar refractivity (Wildman–Crippen MR) is 120 cm³/mol. The zero-order chi connectivity index (χ0) is 21.8. The lowest BCUT2D eigenvalue weighted by Gasteiger charge is -2.32. The first-order chi connectivity index (χ1) is 15.0. The van der Waals surface area contributed by atoms with E-state index in [1.807, 2.05) is 36.2 Å². The highest BCUT2D eigenvalue weighted by Crippen LogP contribution is 2.26. The lowest BCUT2D eigenvalue weighted by Crippen LogP contribution is -2.40. The number of carbonyl (C=O) groups is 1. The first-order valence-corrected chi connectivity index (χ1v) is 11.0. The van der Waals surface area contributed by atoms with Crippen LogP contribution in [0.5, 0.6) is 0 Å². The molecule has 0 unspecified atom stereocenters. The first-order valence-electron chi connectivity index (χ1n) is 10.6. The zero-order valence-electron chi connectivity index (χ0n) is 17.9. The van der Waals surface area contributed by atoms with Crippen LogP contribution in [0.2, 0.25) is 5.02 Å². The summed E-state index contributed by atoms with van der Waals surface area (Å²) in [6.45, 7) is 4.96. The molecule has 0 radical (unpaired) electrons. The fourth-order valence-electron chi connectivity index (χ4n) is 3.96. The molecule has 3 aromatic rings. The van der Waals surface area contributed by atoms with Gasteiger partial charge in [0.2, 0.25) is 17.6 Å². The highest BCUT2D eigenvalue weighted by atomic mass is 35.5. The minimum atomic E-state index is 0.0630. The second kappa shape index (κ2) is 9.62. The SMILES string of the molecule is Cc1ccc(CN(C)C(=O)C2CCN(Cc3nc(-c4ccccc4Cl)no3)CC2)cc1. The molecule has 2 aromatic carbocycles. The quantitative estimate of drug-likeness (QED) is 0.564. The molecule has 1 fully saturated rings. The van der Waals surface area contributed by atoms with Gasteiger partial charge >= 0.3 is 0 Å². The van der Waals surface area contributed by atoms with Crippen molar-refractivity contribution in [1.29, 1.82) is 0 Å². The Balaban J connectivity index is 1.28.